The molecule has 32 heavy (non-hydrogen) atoms. The fourth-order valence-electron chi connectivity index (χ4n) is 5.96. The van der Waals surface area contributed by atoms with Crippen LogP contribution in [0.3, 0.4) is 0 Å². The van der Waals surface area contributed by atoms with E-state index in [0.29, 0.717) is 5.56 Å². The first kappa shape index (κ1) is 19.4. The minimum atomic E-state index is -0.881. The minimum absolute atomic E-state index is 0.143. The average molecular weight is 484 g/mol. The van der Waals surface area contributed by atoms with Gasteiger partial charge in [0.2, 0.25) is 11.8 Å². The number of amides is 2. The van der Waals surface area contributed by atoms with Crippen LogP contribution in [0.15, 0.2) is 89.4 Å². The van der Waals surface area contributed by atoms with E-state index in [0.717, 1.165) is 26.7 Å². The number of halogens is 1. The van der Waals surface area contributed by atoms with Gasteiger partial charge in [0.15, 0.2) is 5.78 Å². The Hall–Kier alpha value is -3.31. The van der Waals surface area contributed by atoms with Gasteiger partial charge in [-0.2, -0.15) is 0 Å². The lowest BCUT2D eigenvalue weighted by molar-refractivity contribution is -0.126. The summed E-state index contributed by atoms with van der Waals surface area (Å²) in [4.78, 5) is 39.1. The van der Waals surface area contributed by atoms with E-state index < -0.39 is 17.3 Å². The van der Waals surface area contributed by atoms with Crippen molar-refractivity contribution in [2.75, 3.05) is 0 Å². The van der Waals surface area contributed by atoms with Crippen molar-refractivity contribution in [1.29, 1.82) is 0 Å². The zero-order valence-electron chi connectivity index (χ0n) is 16.9. The van der Waals surface area contributed by atoms with Gasteiger partial charge in [-0.05, 0) is 52.6 Å². The topological polar surface area (TPSA) is 63.2 Å². The van der Waals surface area contributed by atoms with Gasteiger partial charge in [-0.15, -0.1) is 0 Å². The third kappa shape index (κ3) is 2.46. The predicted octanol–water partition coefficient (Wildman–Crippen LogP) is 4.52. The average Bonchev–Trinajstić information content (AvgIpc) is 3.13. The van der Waals surface area contributed by atoms with Gasteiger partial charge < -0.3 is 0 Å². The van der Waals surface area contributed by atoms with Crippen LogP contribution in [0.2, 0.25) is 0 Å². The van der Waals surface area contributed by atoms with Crippen LogP contribution >= 0.6 is 15.9 Å². The lowest BCUT2D eigenvalue weighted by atomic mass is 9.47. The molecule has 2 unspecified atom stereocenters. The van der Waals surface area contributed by atoms with Gasteiger partial charge in [0.25, 0.3) is 0 Å². The molecular formula is C27H18BrNO3. The summed E-state index contributed by atoms with van der Waals surface area (Å²) < 4.78 is 0.897. The molecular weight excluding hydrogens is 466 g/mol. The van der Waals surface area contributed by atoms with Gasteiger partial charge in [0.05, 0.1) is 17.3 Å². The van der Waals surface area contributed by atoms with E-state index in [1.54, 1.807) is 18.2 Å². The highest BCUT2D eigenvalue weighted by atomic mass is 79.9. The molecule has 1 saturated heterocycles. The van der Waals surface area contributed by atoms with E-state index in [2.05, 4.69) is 21.2 Å². The summed E-state index contributed by atoms with van der Waals surface area (Å²) in [6.07, 6.45) is 3.43. The molecule has 5 heteroatoms. The second-order valence-corrected chi connectivity index (χ2v) is 9.50. The third-order valence-corrected chi connectivity index (χ3v) is 7.68. The van der Waals surface area contributed by atoms with Crippen LogP contribution in [0, 0.1) is 11.8 Å². The molecule has 0 saturated carbocycles. The van der Waals surface area contributed by atoms with Crippen molar-refractivity contribution in [1.82, 2.24) is 5.32 Å². The van der Waals surface area contributed by atoms with Gasteiger partial charge in [-0.25, -0.2) is 0 Å². The summed E-state index contributed by atoms with van der Waals surface area (Å²) in [6.45, 7) is 0. The standard InChI is InChI=1S/C27H18BrNO3/c28-16-11-9-15(10-12-16)21(30)13-14-27-19-7-3-1-5-17(19)22(18-6-2-4-8-20(18)27)23-24(27)26(32)29-25(23)31/h1-14,22-24H,(H,29,31,32)/b14-13+. The van der Waals surface area contributed by atoms with Crippen LogP contribution in [-0.2, 0) is 15.0 Å². The van der Waals surface area contributed by atoms with E-state index in [1.807, 2.05) is 66.7 Å². The smallest absolute Gasteiger partial charge is 0.232 e. The number of carbonyl (C=O) groups excluding carboxylic acids is 3. The quantitative estimate of drug-likeness (QED) is 0.338. The molecule has 1 N–H and O–H groups in total. The summed E-state index contributed by atoms with van der Waals surface area (Å²) in [6, 6.07) is 23.2. The Labute approximate surface area is 193 Å². The summed E-state index contributed by atoms with van der Waals surface area (Å²) in [5.41, 5.74) is 3.78. The molecule has 2 amide bonds. The number of ketones is 1. The fraction of sp³-hybridized carbons (Fsp3) is 0.148. The Morgan fingerprint density at radius 2 is 1.44 bits per heavy atom. The largest absolute Gasteiger partial charge is 0.296 e. The van der Waals surface area contributed by atoms with Crippen molar-refractivity contribution in [2.24, 2.45) is 11.8 Å². The van der Waals surface area contributed by atoms with Gasteiger partial charge >= 0.3 is 0 Å². The van der Waals surface area contributed by atoms with Gasteiger partial charge in [0, 0.05) is 16.0 Å². The van der Waals surface area contributed by atoms with Gasteiger partial charge in [0.1, 0.15) is 0 Å². The molecule has 1 heterocycles. The maximum absolute atomic E-state index is 13.1. The van der Waals surface area contributed by atoms with E-state index in [4.69, 9.17) is 0 Å². The van der Waals surface area contributed by atoms with E-state index in [-0.39, 0.29) is 23.5 Å². The van der Waals surface area contributed by atoms with Crippen molar-refractivity contribution in [2.45, 2.75) is 11.3 Å². The Morgan fingerprint density at radius 1 is 0.844 bits per heavy atom. The molecule has 4 nitrogen and oxygen atoms in total. The Kier molecular flexibility index (Phi) is 4.14. The zero-order chi connectivity index (χ0) is 22.0. The first-order valence-electron chi connectivity index (χ1n) is 10.5. The number of rotatable bonds is 3. The molecule has 2 atom stereocenters. The number of imide groups is 1. The Bertz CT molecular complexity index is 1290. The van der Waals surface area contributed by atoms with E-state index >= 15 is 0 Å². The maximum atomic E-state index is 13.1. The Balaban J connectivity index is 1.60. The summed E-state index contributed by atoms with van der Waals surface area (Å²) in [5, 5.41) is 2.58. The molecule has 3 aliphatic carbocycles. The third-order valence-electron chi connectivity index (χ3n) is 7.15. The van der Waals surface area contributed by atoms with Crippen LogP contribution in [0.1, 0.15) is 38.5 Å². The summed E-state index contributed by atoms with van der Waals surface area (Å²) in [5.74, 6) is -1.88. The second-order valence-electron chi connectivity index (χ2n) is 8.58. The van der Waals surface area contributed by atoms with E-state index in [1.165, 1.54) is 0 Å². The monoisotopic (exact) mass is 483 g/mol. The molecule has 4 aliphatic rings. The van der Waals surface area contributed by atoms with Gasteiger partial charge in [-0.1, -0.05) is 70.5 Å². The molecule has 0 radical (unpaired) electrons. The normalized spacial score (nSPS) is 27.1. The molecule has 1 aliphatic heterocycles. The van der Waals surface area contributed by atoms with Crippen molar-refractivity contribution in [3.05, 3.63) is 117 Å². The first-order valence-corrected chi connectivity index (χ1v) is 11.3. The number of carbonyl (C=O) groups is 3. The van der Waals surface area contributed by atoms with E-state index in [9.17, 15) is 14.4 Å². The second kappa shape index (κ2) is 6.84. The minimum Gasteiger partial charge on any atom is -0.296 e. The molecule has 3 aromatic rings. The predicted molar refractivity (Wildman–Crippen MR) is 123 cm³/mol. The molecule has 156 valence electrons. The lowest BCUT2D eigenvalue weighted by Crippen LogP contribution is -2.52. The number of hydrogen-bond acceptors (Lipinski definition) is 3. The summed E-state index contributed by atoms with van der Waals surface area (Å²) >= 11 is 3.39. The van der Waals surface area contributed by atoms with Crippen LogP contribution in [-0.4, -0.2) is 17.6 Å². The highest BCUT2D eigenvalue weighted by Gasteiger charge is 2.65. The Morgan fingerprint density at radius 3 is 2.06 bits per heavy atom. The molecule has 3 aromatic carbocycles. The zero-order valence-corrected chi connectivity index (χ0v) is 18.5. The number of nitrogens with one attached hydrogen (secondary N) is 1. The van der Waals surface area contributed by atoms with Crippen molar-refractivity contribution in [3.63, 3.8) is 0 Å². The number of hydrogen-bond donors (Lipinski definition) is 1. The van der Waals surface area contributed by atoms with Crippen molar-refractivity contribution >= 4 is 33.5 Å². The highest BCUT2D eigenvalue weighted by molar-refractivity contribution is 9.10. The summed E-state index contributed by atoms with van der Waals surface area (Å²) in [7, 11) is 0. The fourth-order valence-corrected chi connectivity index (χ4v) is 6.22. The van der Waals surface area contributed by atoms with Crippen LogP contribution < -0.4 is 5.32 Å². The number of benzene rings is 3. The van der Waals surface area contributed by atoms with Crippen LogP contribution in [0.4, 0.5) is 0 Å². The molecule has 2 bridgehead atoms. The lowest BCUT2D eigenvalue weighted by Gasteiger charge is -2.53. The molecule has 0 aromatic heterocycles. The van der Waals surface area contributed by atoms with Crippen molar-refractivity contribution < 1.29 is 14.4 Å². The number of allylic oxidation sites excluding steroid dienone is 2. The maximum Gasteiger partial charge on any atom is 0.232 e. The van der Waals surface area contributed by atoms with Gasteiger partial charge in [-0.3, -0.25) is 19.7 Å². The molecule has 7 rings (SSSR count). The highest BCUT2D eigenvalue weighted by Crippen LogP contribution is 2.63. The van der Waals surface area contributed by atoms with Crippen molar-refractivity contribution in [3.8, 4) is 0 Å². The van der Waals surface area contributed by atoms with Crippen LogP contribution in [0.25, 0.3) is 0 Å². The molecule has 0 spiro atoms. The molecule has 1 fully saturated rings. The van der Waals surface area contributed by atoms with Crippen LogP contribution in [0.5, 0.6) is 0 Å². The SMILES string of the molecule is O=C(/C=C/C12c3ccccc3C(c3ccccc31)C1C(=O)NC(=O)C12)c1ccc(Br)cc1. The first-order chi connectivity index (χ1) is 15.5.